The van der Waals surface area contributed by atoms with E-state index in [2.05, 4.69) is 6.58 Å². The Morgan fingerprint density at radius 3 is 2.62 bits per heavy atom. The van der Waals surface area contributed by atoms with E-state index in [1.54, 1.807) is 30.3 Å². The minimum atomic E-state index is -0.681. The van der Waals surface area contributed by atoms with E-state index in [1.165, 1.54) is 29.7 Å². The molecule has 0 radical (unpaired) electrons. The van der Waals surface area contributed by atoms with Crippen LogP contribution in [-0.2, 0) is 11.3 Å². The molecule has 1 fully saturated rings. The van der Waals surface area contributed by atoms with Crippen molar-refractivity contribution in [3.63, 3.8) is 0 Å². The summed E-state index contributed by atoms with van der Waals surface area (Å²) in [6, 6.07) is 8.86. The number of carbonyl (C=O) groups is 2. The topological polar surface area (TPSA) is 103 Å². The quantitative estimate of drug-likeness (QED) is 0.241. The first kappa shape index (κ1) is 25.4. The van der Waals surface area contributed by atoms with Gasteiger partial charge in [0, 0.05) is 24.5 Å². The van der Waals surface area contributed by atoms with Crippen molar-refractivity contribution in [3.05, 3.63) is 79.5 Å². The third-order valence-corrected chi connectivity index (χ3v) is 6.85. The van der Waals surface area contributed by atoms with Crippen LogP contribution in [0.4, 0.5) is 0 Å². The van der Waals surface area contributed by atoms with Crippen molar-refractivity contribution in [2.45, 2.75) is 26.3 Å². The number of hydrogen-bond acceptors (Lipinski definition) is 7. The fraction of sp³-hybridized carbons (Fsp3) is 0.208. The van der Waals surface area contributed by atoms with Gasteiger partial charge in [0.15, 0.2) is 5.78 Å². The predicted octanol–water partition coefficient (Wildman–Crippen LogP) is 4.44. The van der Waals surface area contributed by atoms with Gasteiger partial charge < -0.3 is 5.11 Å². The van der Waals surface area contributed by atoms with E-state index in [-0.39, 0.29) is 48.5 Å². The normalized spacial score (nSPS) is 14.5. The van der Waals surface area contributed by atoms with Gasteiger partial charge in [-0.1, -0.05) is 53.8 Å². The highest BCUT2D eigenvalue weighted by atomic mass is 35.5. The van der Waals surface area contributed by atoms with Crippen LogP contribution in [0.5, 0.6) is 5.88 Å². The molecule has 3 rings (SSSR count). The van der Waals surface area contributed by atoms with Gasteiger partial charge in [-0.15, -0.1) is 6.58 Å². The second-order valence-electron chi connectivity index (χ2n) is 7.43. The molecule has 2 heterocycles. The minimum Gasteiger partial charge on any atom is -0.494 e. The molecule has 7 nitrogen and oxygen atoms in total. The second kappa shape index (κ2) is 10.8. The maximum absolute atomic E-state index is 12.9. The molecule has 1 aromatic heterocycles. The number of ketones is 1. The minimum absolute atomic E-state index is 0.0150. The molecule has 34 heavy (non-hydrogen) atoms. The number of hydrogen-bond donors (Lipinski definition) is 1. The van der Waals surface area contributed by atoms with Gasteiger partial charge >= 0.3 is 0 Å². The lowest BCUT2D eigenvalue weighted by Crippen LogP contribution is -2.29. The van der Waals surface area contributed by atoms with Gasteiger partial charge in [0.1, 0.15) is 16.0 Å². The second-order valence-corrected chi connectivity index (χ2v) is 9.54. The van der Waals surface area contributed by atoms with Gasteiger partial charge in [0.05, 0.1) is 10.5 Å². The number of benzene rings is 1. The zero-order valence-electron chi connectivity index (χ0n) is 18.2. The molecular weight excluding hydrogens is 494 g/mol. The van der Waals surface area contributed by atoms with Crippen molar-refractivity contribution in [1.82, 2.24) is 9.47 Å². The van der Waals surface area contributed by atoms with E-state index in [1.807, 2.05) is 6.07 Å². The Morgan fingerprint density at radius 2 is 2.00 bits per heavy atom. The molecule has 1 aliphatic rings. The van der Waals surface area contributed by atoms with Crippen molar-refractivity contribution >= 4 is 57.7 Å². The smallest absolute Gasteiger partial charge is 0.271 e. The zero-order valence-corrected chi connectivity index (χ0v) is 20.6. The largest absolute Gasteiger partial charge is 0.494 e. The van der Waals surface area contributed by atoms with E-state index in [0.717, 1.165) is 10.1 Å². The van der Waals surface area contributed by atoms with Crippen molar-refractivity contribution in [1.29, 1.82) is 5.26 Å². The maximum atomic E-state index is 12.9. The number of halogens is 1. The van der Waals surface area contributed by atoms with Crippen LogP contribution in [0.3, 0.4) is 0 Å². The van der Waals surface area contributed by atoms with Gasteiger partial charge in [0.2, 0.25) is 5.88 Å². The molecule has 174 valence electrons. The number of thiocarbonyl (C=S) groups is 1. The lowest BCUT2D eigenvalue weighted by atomic mass is 9.99. The van der Waals surface area contributed by atoms with Crippen LogP contribution in [0.2, 0.25) is 5.02 Å². The predicted molar refractivity (Wildman–Crippen MR) is 137 cm³/mol. The van der Waals surface area contributed by atoms with Crippen LogP contribution in [-0.4, -0.2) is 37.1 Å². The van der Waals surface area contributed by atoms with Gasteiger partial charge in [-0.2, -0.15) is 5.26 Å². The number of aromatic nitrogens is 1. The van der Waals surface area contributed by atoms with Crippen LogP contribution >= 0.6 is 35.6 Å². The summed E-state index contributed by atoms with van der Waals surface area (Å²) in [6.45, 7) is 5.16. The molecule has 0 unspecified atom stereocenters. The monoisotopic (exact) mass is 513 g/mol. The summed E-state index contributed by atoms with van der Waals surface area (Å²) in [4.78, 5) is 40.0. The van der Waals surface area contributed by atoms with E-state index in [0.29, 0.717) is 14.2 Å². The Kier molecular flexibility index (Phi) is 8.10. The molecule has 1 aliphatic heterocycles. The van der Waals surface area contributed by atoms with Crippen molar-refractivity contribution < 1.29 is 14.7 Å². The third-order valence-electron chi connectivity index (χ3n) is 5.22. The Hall–Kier alpha value is -3.19. The van der Waals surface area contributed by atoms with Crippen LogP contribution in [0.15, 0.2) is 46.6 Å². The summed E-state index contributed by atoms with van der Waals surface area (Å²) in [5.41, 5.74) is -0.0157. The summed E-state index contributed by atoms with van der Waals surface area (Å²) in [5, 5.41) is 20.5. The number of carbonyl (C=O) groups excluding carboxylic acids is 2. The first-order valence-corrected chi connectivity index (χ1v) is 11.8. The molecule has 1 N–H and O–H groups in total. The average molecular weight is 514 g/mol. The van der Waals surface area contributed by atoms with Crippen LogP contribution in [0.25, 0.3) is 6.08 Å². The highest BCUT2D eigenvalue weighted by molar-refractivity contribution is 8.26. The Balaban J connectivity index is 1.73. The fourth-order valence-corrected chi connectivity index (χ4v) is 4.94. The molecule has 0 spiro atoms. The summed E-state index contributed by atoms with van der Waals surface area (Å²) in [5.74, 6) is -1.18. The van der Waals surface area contributed by atoms with Crippen molar-refractivity contribution in [2.24, 2.45) is 0 Å². The van der Waals surface area contributed by atoms with E-state index < -0.39 is 17.2 Å². The number of aromatic hydroxyl groups is 1. The molecule has 10 heteroatoms. The fourth-order valence-electron chi connectivity index (χ4n) is 3.51. The van der Waals surface area contributed by atoms with Crippen LogP contribution in [0.1, 0.15) is 39.9 Å². The number of amides is 1. The highest BCUT2D eigenvalue weighted by Crippen LogP contribution is 2.33. The van der Waals surface area contributed by atoms with Gasteiger partial charge in [-0.3, -0.25) is 23.9 Å². The molecule has 1 aromatic carbocycles. The molecular formula is C24H20ClN3O4S2. The molecule has 1 amide bonds. The van der Waals surface area contributed by atoms with Crippen molar-refractivity contribution in [2.75, 3.05) is 6.54 Å². The highest BCUT2D eigenvalue weighted by Gasteiger charge is 2.32. The molecule has 0 aliphatic carbocycles. The Bertz CT molecular complexity index is 1320. The number of pyridine rings is 1. The first-order valence-electron chi connectivity index (χ1n) is 10.2. The van der Waals surface area contributed by atoms with Crippen LogP contribution < -0.4 is 5.56 Å². The van der Waals surface area contributed by atoms with E-state index in [9.17, 15) is 24.8 Å². The van der Waals surface area contributed by atoms with E-state index >= 15 is 0 Å². The van der Waals surface area contributed by atoms with Crippen molar-refractivity contribution in [3.8, 4) is 11.9 Å². The molecule has 0 saturated carbocycles. The average Bonchev–Trinajstić information content (AvgIpc) is 3.06. The molecule has 0 bridgehead atoms. The number of thioether (sulfide) groups is 1. The third kappa shape index (κ3) is 5.14. The summed E-state index contributed by atoms with van der Waals surface area (Å²) < 4.78 is 1.33. The Labute approximate surface area is 210 Å². The number of allylic oxidation sites excluding steroid dienone is 1. The maximum Gasteiger partial charge on any atom is 0.271 e. The number of nitrogens with zero attached hydrogens (tertiary/aromatic N) is 3. The van der Waals surface area contributed by atoms with Gasteiger partial charge in [-0.05, 0) is 42.7 Å². The zero-order chi connectivity index (χ0) is 25.0. The first-order chi connectivity index (χ1) is 16.2. The van der Waals surface area contributed by atoms with Gasteiger partial charge in [-0.25, -0.2) is 0 Å². The summed E-state index contributed by atoms with van der Waals surface area (Å²) in [7, 11) is 0. The lowest BCUT2D eigenvalue weighted by Gasteiger charge is -2.16. The molecule has 1 saturated heterocycles. The van der Waals surface area contributed by atoms with E-state index in [4.69, 9.17) is 23.8 Å². The summed E-state index contributed by atoms with van der Waals surface area (Å²) in [6.07, 6.45) is 3.38. The number of nitriles is 1. The lowest BCUT2D eigenvalue weighted by molar-refractivity contribution is -0.122. The molecule has 0 atom stereocenters. The number of rotatable bonds is 8. The SMILES string of the molecule is C=CCn1c(O)c(C(=O)CCCN2C(=O)/C(=C/c3ccc(Cl)cc3)SC2=S)c(C)c(C#N)c1=O. The standard InChI is InChI=1S/C24H20ClN3O4S2/c1-3-10-27-21(30)17(13-26)14(2)20(23(27)32)18(29)5-4-11-28-22(31)19(34-24(28)33)12-15-6-8-16(25)9-7-15/h3,6-9,12,32H,1,4-5,10-11H2,2H3/b19-12-. The Morgan fingerprint density at radius 1 is 1.32 bits per heavy atom. The molecule has 2 aromatic rings. The summed E-state index contributed by atoms with van der Waals surface area (Å²) >= 11 is 12.4. The van der Waals surface area contributed by atoms with Crippen LogP contribution in [0, 0.1) is 18.3 Å². The number of Topliss-reactive ketones (excluding diaryl/α,β-unsaturated/α-hetero) is 1. The van der Waals surface area contributed by atoms with Gasteiger partial charge in [0.25, 0.3) is 11.5 Å².